The lowest BCUT2D eigenvalue weighted by Crippen LogP contribution is -2.48. The number of benzene rings is 1. The Labute approximate surface area is 165 Å². The van der Waals surface area contributed by atoms with Gasteiger partial charge in [0.2, 0.25) is 10.0 Å². The van der Waals surface area contributed by atoms with Crippen molar-refractivity contribution in [3.05, 3.63) is 22.7 Å². The molecule has 2 saturated heterocycles. The Hall–Kier alpha value is -1.06. The number of hydrogen-bond acceptors (Lipinski definition) is 6. The molecule has 1 aromatic rings. The molecule has 0 radical (unpaired) electrons. The predicted molar refractivity (Wildman–Crippen MR) is 104 cm³/mol. The third-order valence-electron chi connectivity index (χ3n) is 5.93. The van der Waals surface area contributed by atoms with Crippen molar-refractivity contribution in [3.8, 4) is 11.5 Å². The Balaban J connectivity index is 1.77. The average Bonchev–Trinajstić information content (AvgIpc) is 3.03. The normalized spacial score (nSPS) is 26.8. The number of hydrogen-bond donors (Lipinski definition) is 1. The van der Waals surface area contributed by atoms with Crippen LogP contribution in [0.15, 0.2) is 12.1 Å². The van der Waals surface area contributed by atoms with Crippen LogP contribution < -0.4 is 9.47 Å². The molecule has 152 valence electrons. The lowest BCUT2D eigenvalue weighted by atomic mass is 9.73. The third kappa shape index (κ3) is 3.91. The summed E-state index contributed by atoms with van der Waals surface area (Å²) in [5.41, 5.74) is 0.588. The summed E-state index contributed by atoms with van der Waals surface area (Å²) in [6.45, 7) is 2.99. The van der Waals surface area contributed by atoms with Crippen molar-refractivity contribution in [1.82, 2.24) is 9.21 Å². The molecule has 2 heterocycles. The topological polar surface area (TPSA) is 79.3 Å². The molecule has 0 amide bonds. The molecule has 0 aliphatic carbocycles. The molecular weight excluding hydrogens is 392 g/mol. The van der Waals surface area contributed by atoms with Crippen molar-refractivity contribution in [2.24, 2.45) is 11.3 Å². The van der Waals surface area contributed by atoms with Gasteiger partial charge in [-0.15, -0.1) is 0 Å². The molecule has 1 aromatic carbocycles. The number of ether oxygens (including phenoxy) is 2. The zero-order valence-electron chi connectivity index (χ0n) is 15.9. The molecule has 0 saturated carbocycles. The second kappa shape index (κ2) is 7.75. The zero-order valence-corrected chi connectivity index (χ0v) is 17.5. The minimum absolute atomic E-state index is 0.00857. The van der Waals surface area contributed by atoms with Crippen molar-refractivity contribution in [1.29, 1.82) is 0 Å². The summed E-state index contributed by atoms with van der Waals surface area (Å²) in [6, 6.07) is 3.76. The van der Waals surface area contributed by atoms with Crippen molar-refractivity contribution in [2.45, 2.75) is 13.0 Å². The van der Waals surface area contributed by atoms with Gasteiger partial charge in [-0.1, -0.05) is 17.7 Å². The molecule has 9 heteroatoms. The number of sulfonamides is 1. The first-order valence-electron chi connectivity index (χ1n) is 8.92. The number of fused-ring (bicyclic) bond motifs is 1. The number of nitrogens with zero attached hydrogens (tertiary/aromatic N) is 2. The van der Waals surface area contributed by atoms with Crippen LogP contribution in [0.25, 0.3) is 0 Å². The molecule has 1 N–H and O–H groups in total. The Morgan fingerprint density at radius 3 is 2.63 bits per heavy atom. The largest absolute Gasteiger partial charge is 0.493 e. The van der Waals surface area contributed by atoms with E-state index in [0.717, 1.165) is 25.1 Å². The highest BCUT2D eigenvalue weighted by Gasteiger charge is 2.51. The Kier molecular flexibility index (Phi) is 5.93. The van der Waals surface area contributed by atoms with E-state index < -0.39 is 10.0 Å². The minimum atomic E-state index is -3.26. The maximum absolute atomic E-state index is 12.0. The number of rotatable bonds is 6. The summed E-state index contributed by atoms with van der Waals surface area (Å²) in [7, 11) is -0.129. The van der Waals surface area contributed by atoms with Crippen LogP contribution in [-0.2, 0) is 16.6 Å². The first kappa shape index (κ1) is 20.7. The average molecular weight is 419 g/mol. The van der Waals surface area contributed by atoms with Crippen molar-refractivity contribution in [2.75, 3.05) is 53.3 Å². The van der Waals surface area contributed by atoms with Crippen LogP contribution >= 0.6 is 11.6 Å². The van der Waals surface area contributed by atoms with Gasteiger partial charge in [-0.25, -0.2) is 12.7 Å². The number of aliphatic hydroxyl groups excluding tert-OH is 1. The summed E-state index contributed by atoms with van der Waals surface area (Å²) in [4.78, 5) is 2.26. The standard InChI is InChI=1S/C18H27ClN2O5S/c1-25-15-5-4-13(16(19)17(15)26-2)8-20-7-6-18(12-22)11-21(27(3,23)24)10-14(18)9-20/h4-5,14,22H,6-12H2,1-3H3/t14-,18+/m1/s1. The van der Waals surface area contributed by atoms with Crippen molar-refractivity contribution in [3.63, 3.8) is 0 Å². The van der Waals surface area contributed by atoms with Gasteiger partial charge in [0.05, 0.1) is 32.1 Å². The smallest absolute Gasteiger partial charge is 0.211 e. The first-order chi connectivity index (χ1) is 12.7. The van der Waals surface area contributed by atoms with E-state index in [1.54, 1.807) is 14.2 Å². The fraction of sp³-hybridized carbons (Fsp3) is 0.667. The number of methoxy groups -OCH3 is 2. The van der Waals surface area contributed by atoms with E-state index in [-0.39, 0.29) is 17.9 Å². The number of halogens is 1. The van der Waals surface area contributed by atoms with Gasteiger partial charge in [-0.2, -0.15) is 0 Å². The zero-order chi connectivity index (χ0) is 19.8. The van der Waals surface area contributed by atoms with E-state index in [1.165, 1.54) is 10.6 Å². The van der Waals surface area contributed by atoms with Gasteiger partial charge in [0, 0.05) is 31.6 Å². The number of aliphatic hydroxyl groups is 1. The van der Waals surface area contributed by atoms with E-state index in [1.807, 2.05) is 12.1 Å². The van der Waals surface area contributed by atoms with E-state index in [0.29, 0.717) is 36.2 Å². The molecule has 7 nitrogen and oxygen atoms in total. The molecule has 3 rings (SSSR count). The van der Waals surface area contributed by atoms with Crippen LogP contribution in [0.2, 0.25) is 5.02 Å². The van der Waals surface area contributed by atoms with Crippen LogP contribution in [0.1, 0.15) is 12.0 Å². The molecule has 2 aliphatic heterocycles. The second-order valence-corrected chi connectivity index (χ2v) is 9.89. The van der Waals surface area contributed by atoms with Crippen LogP contribution in [0.5, 0.6) is 11.5 Å². The predicted octanol–water partition coefficient (Wildman–Crippen LogP) is 1.43. The van der Waals surface area contributed by atoms with E-state index >= 15 is 0 Å². The minimum Gasteiger partial charge on any atom is -0.493 e. The molecule has 0 spiro atoms. The lowest BCUT2D eigenvalue weighted by Gasteiger charge is -2.42. The van der Waals surface area contributed by atoms with Crippen LogP contribution in [-0.4, -0.2) is 76.0 Å². The quantitative estimate of drug-likeness (QED) is 0.753. The Bertz CT molecular complexity index is 803. The fourth-order valence-electron chi connectivity index (χ4n) is 4.25. The van der Waals surface area contributed by atoms with Gasteiger partial charge < -0.3 is 14.6 Å². The third-order valence-corrected chi connectivity index (χ3v) is 7.56. The lowest BCUT2D eigenvalue weighted by molar-refractivity contribution is 0.0170. The highest BCUT2D eigenvalue weighted by atomic mass is 35.5. The molecule has 0 aromatic heterocycles. The van der Waals surface area contributed by atoms with Crippen LogP contribution in [0.3, 0.4) is 0 Å². The summed E-state index contributed by atoms with van der Waals surface area (Å²) >= 11 is 6.50. The first-order valence-corrected chi connectivity index (χ1v) is 11.1. The Morgan fingerprint density at radius 1 is 1.30 bits per heavy atom. The summed E-state index contributed by atoms with van der Waals surface area (Å²) in [5.74, 6) is 1.20. The molecule has 27 heavy (non-hydrogen) atoms. The van der Waals surface area contributed by atoms with Gasteiger partial charge in [0.25, 0.3) is 0 Å². The van der Waals surface area contributed by atoms with E-state index in [2.05, 4.69) is 4.90 Å². The number of piperidine rings is 1. The summed E-state index contributed by atoms with van der Waals surface area (Å²) in [5, 5.41) is 10.5. The van der Waals surface area contributed by atoms with Crippen LogP contribution in [0.4, 0.5) is 0 Å². The maximum Gasteiger partial charge on any atom is 0.211 e. The molecule has 0 bridgehead atoms. The highest BCUT2D eigenvalue weighted by molar-refractivity contribution is 7.88. The van der Waals surface area contributed by atoms with Gasteiger partial charge in [0.1, 0.15) is 0 Å². The van der Waals surface area contributed by atoms with Crippen molar-refractivity contribution >= 4 is 21.6 Å². The SMILES string of the molecule is COc1ccc(CN2CC[C@@]3(CO)CN(S(C)(=O)=O)C[C@H]3C2)c(Cl)c1OC. The van der Waals surface area contributed by atoms with Crippen molar-refractivity contribution < 1.29 is 23.0 Å². The summed E-state index contributed by atoms with van der Waals surface area (Å²) in [6.07, 6.45) is 1.99. The fourth-order valence-corrected chi connectivity index (χ4v) is 5.49. The van der Waals surface area contributed by atoms with Gasteiger partial charge in [-0.05, 0) is 30.5 Å². The second-order valence-electron chi connectivity index (χ2n) is 7.53. The molecule has 2 aliphatic rings. The highest BCUT2D eigenvalue weighted by Crippen LogP contribution is 2.44. The Morgan fingerprint density at radius 2 is 2.04 bits per heavy atom. The van der Waals surface area contributed by atoms with E-state index in [9.17, 15) is 13.5 Å². The van der Waals surface area contributed by atoms with Gasteiger partial charge in [0.15, 0.2) is 11.5 Å². The molecule has 2 atom stereocenters. The summed E-state index contributed by atoms with van der Waals surface area (Å²) < 4.78 is 36.1. The van der Waals surface area contributed by atoms with Gasteiger partial charge >= 0.3 is 0 Å². The molecule has 0 unspecified atom stereocenters. The number of likely N-dealkylation sites (tertiary alicyclic amines) is 1. The monoisotopic (exact) mass is 418 g/mol. The maximum atomic E-state index is 12.0. The molecule has 2 fully saturated rings. The van der Waals surface area contributed by atoms with Gasteiger partial charge in [-0.3, -0.25) is 4.90 Å². The molecular formula is C18H27ClN2O5S. The van der Waals surface area contributed by atoms with Crippen LogP contribution in [0, 0.1) is 11.3 Å². The van der Waals surface area contributed by atoms with E-state index in [4.69, 9.17) is 21.1 Å².